The SMILES string of the molecule is Cc1c(NN)nc(C(C)C)nc1OCCN(C)C. The molecule has 1 aromatic heterocycles. The average molecular weight is 253 g/mol. The molecule has 6 heteroatoms. The highest BCUT2D eigenvalue weighted by molar-refractivity contribution is 5.47. The monoisotopic (exact) mass is 253 g/mol. The fourth-order valence-electron chi connectivity index (χ4n) is 1.38. The second-order valence-electron chi connectivity index (χ2n) is 4.81. The number of hydrazine groups is 1. The summed E-state index contributed by atoms with van der Waals surface area (Å²) in [6.45, 7) is 7.39. The Morgan fingerprint density at radius 2 is 2.00 bits per heavy atom. The van der Waals surface area contributed by atoms with Gasteiger partial charge in [0, 0.05) is 12.5 Å². The van der Waals surface area contributed by atoms with E-state index in [0.717, 1.165) is 17.9 Å². The van der Waals surface area contributed by atoms with Crippen molar-refractivity contribution in [2.45, 2.75) is 26.7 Å². The summed E-state index contributed by atoms with van der Waals surface area (Å²) in [6.07, 6.45) is 0. The Bertz CT molecular complexity index is 392. The Balaban J connectivity index is 2.91. The highest BCUT2D eigenvalue weighted by Gasteiger charge is 2.13. The van der Waals surface area contributed by atoms with Gasteiger partial charge in [-0.1, -0.05) is 13.8 Å². The smallest absolute Gasteiger partial charge is 0.221 e. The van der Waals surface area contributed by atoms with Crippen LogP contribution in [0.1, 0.15) is 31.2 Å². The zero-order valence-corrected chi connectivity index (χ0v) is 11.8. The fraction of sp³-hybridized carbons (Fsp3) is 0.667. The third-order valence-corrected chi connectivity index (χ3v) is 2.55. The van der Waals surface area contributed by atoms with Crippen LogP contribution in [-0.4, -0.2) is 42.1 Å². The Morgan fingerprint density at radius 1 is 1.33 bits per heavy atom. The summed E-state index contributed by atoms with van der Waals surface area (Å²) in [5.41, 5.74) is 3.42. The standard InChI is InChI=1S/C12H23N5O/c1-8(2)10-14-11(16-13)9(3)12(15-10)18-7-6-17(4)5/h8H,6-7,13H2,1-5H3,(H,14,15,16). The third kappa shape index (κ3) is 3.82. The number of rotatable bonds is 6. The van der Waals surface area contributed by atoms with E-state index in [1.807, 2.05) is 34.9 Å². The van der Waals surface area contributed by atoms with Crippen LogP contribution >= 0.6 is 0 Å². The van der Waals surface area contributed by atoms with Crippen molar-refractivity contribution in [3.63, 3.8) is 0 Å². The lowest BCUT2D eigenvalue weighted by Crippen LogP contribution is -2.21. The first kappa shape index (κ1) is 14.7. The van der Waals surface area contributed by atoms with E-state index < -0.39 is 0 Å². The normalized spacial score (nSPS) is 11.1. The van der Waals surface area contributed by atoms with Crippen molar-refractivity contribution in [1.82, 2.24) is 14.9 Å². The summed E-state index contributed by atoms with van der Waals surface area (Å²) in [4.78, 5) is 10.8. The van der Waals surface area contributed by atoms with Gasteiger partial charge in [-0.05, 0) is 21.0 Å². The van der Waals surface area contributed by atoms with Gasteiger partial charge in [0.05, 0.1) is 5.56 Å². The van der Waals surface area contributed by atoms with Gasteiger partial charge in [0.1, 0.15) is 18.2 Å². The molecular weight excluding hydrogens is 230 g/mol. The molecule has 0 aliphatic carbocycles. The molecule has 3 N–H and O–H groups in total. The molecule has 0 aromatic carbocycles. The number of hydrogen-bond acceptors (Lipinski definition) is 6. The third-order valence-electron chi connectivity index (χ3n) is 2.55. The van der Waals surface area contributed by atoms with Crippen LogP contribution in [0.15, 0.2) is 0 Å². The van der Waals surface area contributed by atoms with Crippen LogP contribution in [0.5, 0.6) is 5.88 Å². The van der Waals surface area contributed by atoms with E-state index in [9.17, 15) is 0 Å². The molecular formula is C12H23N5O. The van der Waals surface area contributed by atoms with Gasteiger partial charge in [-0.3, -0.25) is 0 Å². The number of nitrogens with two attached hydrogens (primary N) is 1. The van der Waals surface area contributed by atoms with Gasteiger partial charge in [0.25, 0.3) is 0 Å². The predicted octanol–water partition coefficient (Wildman–Crippen LogP) is 1.13. The first-order chi connectivity index (χ1) is 8.45. The van der Waals surface area contributed by atoms with Crippen LogP contribution in [-0.2, 0) is 0 Å². The number of aromatic nitrogens is 2. The largest absolute Gasteiger partial charge is 0.476 e. The van der Waals surface area contributed by atoms with Crippen molar-refractivity contribution >= 4 is 5.82 Å². The molecule has 1 rings (SSSR count). The van der Waals surface area contributed by atoms with Gasteiger partial charge in [0.15, 0.2) is 0 Å². The van der Waals surface area contributed by atoms with Crippen molar-refractivity contribution in [3.8, 4) is 5.88 Å². The Labute approximate surface area is 109 Å². The van der Waals surface area contributed by atoms with E-state index in [1.165, 1.54) is 0 Å². The zero-order chi connectivity index (χ0) is 13.7. The minimum absolute atomic E-state index is 0.230. The predicted molar refractivity (Wildman–Crippen MR) is 72.7 cm³/mol. The number of nitrogen functional groups attached to an aromatic ring is 1. The summed E-state index contributed by atoms with van der Waals surface area (Å²) in [5.74, 6) is 7.64. The van der Waals surface area contributed by atoms with Crippen molar-refractivity contribution < 1.29 is 4.74 Å². The lowest BCUT2D eigenvalue weighted by atomic mass is 10.2. The molecule has 0 aliphatic heterocycles. The van der Waals surface area contributed by atoms with E-state index >= 15 is 0 Å². The molecule has 0 spiro atoms. The van der Waals surface area contributed by atoms with Gasteiger partial charge in [-0.2, -0.15) is 4.98 Å². The van der Waals surface area contributed by atoms with Crippen LogP contribution in [0, 0.1) is 6.92 Å². The lowest BCUT2D eigenvalue weighted by Gasteiger charge is -2.15. The molecule has 0 fully saturated rings. The number of likely N-dealkylation sites (N-methyl/N-ethyl adjacent to an activating group) is 1. The highest BCUT2D eigenvalue weighted by atomic mass is 16.5. The minimum atomic E-state index is 0.230. The van der Waals surface area contributed by atoms with Gasteiger partial charge < -0.3 is 15.1 Å². The van der Waals surface area contributed by atoms with Crippen LogP contribution < -0.4 is 16.0 Å². The van der Waals surface area contributed by atoms with E-state index in [-0.39, 0.29) is 5.92 Å². The maximum Gasteiger partial charge on any atom is 0.221 e. The maximum atomic E-state index is 5.69. The van der Waals surface area contributed by atoms with Gasteiger partial charge >= 0.3 is 0 Å². The second-order valence-corrected chi connectivity index (χ2v) is 4.81. The number of anilines is 1. The molecule has 0 saturated heterocycles. The molecule has 102 valence electrons. The minimum Gasteiger partial charge on any atom is -0.476 e. The summed E-state index contributed by atoms with van der Waals surface area (Å²) < 4.78 is 5.69. The van der Waals surface area contributed by atoms with E-state index in [0.29, 0.717) is 18.3 Å². The number of nitrogens with zero attached hydrogens (tertiary/aromatic N) is 3. The number of nitrogens with one attached hydrogen (secondary N) is 1. The summed E-state index contributed by atoms with van der Waals surface area (Å²) in [7, 11) is 4.01. The van der Waals surface area contributed by atoms with Crippen molar-refractivity contribution in [2.75, 3.05) is 32.7 Å². The first-order valence-corrected chi connectivity index (χ1v) is 6.08. The molecule has 1 aromatic rings. The van der Waals surface area contributed by atoms with Crippen LogP contribution in [0.2, 0.25) is 0 Å². The van der Waals surface area contributed by atoms with Crippen molar-refractivity contribution in [2.24, 2.45) is 5.84 Å². The van der Waals surface area contributed by atoms with Crippen molar-refractivity contribution in [3.05, 3.63) is 11.4 Å². The van der Waals surface area contributed by atoms with E-state index in [4.69, 9.17) is 10.6 Å². The fourth-order valence-corrected chi connectivity index (χ4v) is 1.38. The molecule has 0 aliphatic rings. The van der Waals surface area contributed by atoms with Gasteiger partial charge in [-0.15, -0.1) is 0 Å². The Kier molecular flexibility index (Phi) is 5.30. The van der Waals surface area contributed by atoms with Crippen LogP contribution in [0.3, 0.4) is 0 Å². The maximum absolute atomic E-state index is 5.69. The molecule has 1 heterocycles. The number of ether oxygens (including phenoxy) is 1. The first-order valence-electron chi connectivity index (χ1n) is 6.08. The average Bonchev–Trinajstić information content (AvgIpc) is 2.30. The molecule has 0 unspecified atom stereocenters. The molecule has 0 radical (unpaired) electrons. The van der Waals surface area contributed by atoms with E-state index in [1.54, 1.807) is 0 Å². The van der Waals surface area contributed by atoms with Crippen molar-refractivity contribution in [1.29, 1.82) is 0 Å². The highest BCUT2D eigenvalue weighted by Crippen LogP contribution is 2.24. The molecule has 6 nitrogen and oxygen atoms in total. The Hall–Kier alpha value is -1.40. The lowest BCUT2D eigenvalue weighted by molar-refractivity contribution is 0.251. The molecule has 0 saturated carbocycles. The quantitative estimate of drug-likeness (QED) is 0.585. The topological polar surface area (TPSA) is 76.3 Å². The van der Waals surface area contributed by atoms with Gasteiger partial charge in [0.2, 0.25) is 5.88 Å². The van der Waals surface area contributed by atoms with Crippen LogP contribution in [0.25, 0.3) is 0 Å². The molecule has 18 heavy (non-hydrogen) atoms. The van der Waals surface area contributed by atoms with Gasteiger partial charge in [-0.25, -0.2) is 10.8 Å². The summed E-state index contributed by atoms with van der Waals surface area (Å²) >= 11 is 0. The summed E-state index contributed by atoms with van der Waals surface area (Å²) in [6, 6.07) is 0. The molecule has 0 bridgehead atoms. The van der Waals surface area contributed by atoms with E-state index in [2.05, 4.69) is 20.3 Å². The Morgan fingerprint density at radius 3 is 2.50 bits per heavy atom. The van der Waals surface area contributed by atoms with Crippen LogP contribution in [0.4, 0.5) is 5.82 Å². The molecule has 0 atom stereocenters. The molecule has 0 amide bonds. The number of hydrogen-bond donors (Lipinski definition) is 2. The summed E-state index contributed by atoms with van der Waals surface area (Å²) in [5, 5.41) is 0. The second kappa shape index (κ2) is 6.51. The zero-order valence-electron chi connectivity index (χ0n) is 11.8.